The number of rotatable bonds is 6. The van der Waals surface area contributed by atoms with Crippen LogP contribution in [0.1, 0.15) is 25.0 Å². The summed E-state index contributed by atoms with van der Waals surface area (Å²) in [5.74, 6) is 0. The molecule has 1 rings (SSSR count). The summed E-state index contributed by atoms with van der Waals surface area (Å²) in [4.78, 5) is 12.7. The van der Waals surface area contributed by atoms with Gasteiger partial charge < -0.3 is 4.90 Å². The van der Waals surface area contributed by atoms with E-state index >= 15 is 0 Å². The predicted octanol–water partition coefficient (Wildman–Crippen LogP) is 1.59. The minimum absolute atomic E-state index is 0.0927. The van der Waals surface area contributed by atoms with Crippen LogP contribution in [0.3, 0.4) is 0 Å². The number of benzene rings is 1. The van der Waals surface area contributed by atoms with Gasteiger partial charge in [0.05, 0.1) is 0 Å². The minimum Gasteiger partial charge on any atom is -0.312 e. The summed E-state index contributed by atoms with van der Waals surface area (Å²) in [6, 6.07) is 5.67. The van der Waals surface area contributed by atoms with Gasteiger partial charge >= 0.3 is 0 Å². The highest BCUT2D eigenvalue weighted by Gasteiger charge is 2.12. The average Bonchev–Trinajstić information content (AvgIpc) is 2.29. The Balaban J connectivity index is 2.91. The summed E-state index contributed by atoms with van der Waals surface area (Å²) in [6.45, 7) is 6.11. The van der Waals surface area contributed by atoms with E-state index in [-0.39, 0.29) is 6.04 Å². The molecule has 0 fully saturated rings. The normalized spacial score (nSPS) is 12.5. The molecule has 18 heavy (non-hydrogen) atoms. The van der Waals surface area contributed by atoms with Crippen molar-refractivity contribution in [1.29, 1.82) is 0 Å². The van der Waals surface area contributed by atoms with E-state index < -0.39 is 11.3 Å². The highest BCUT2D eigenvalue weighted by Crippen LogP contribution is 2.22. The van der Waals surface area contributed by atoms with Crippen LogP contribution in [0.2, 0.25) is 0 Å². The summed E-state index contributed by atoms with van der Waals surface area (Å²) in [6.07, 6.45) is 0.813. The fourth-order valence-corrected chi connectivity index (χ4v) is 2.01. The third-order valence-corrected chi connectivity index (χ3v) is 3.00. The molecule has 1 atom stereocenters. The maximum Gasteiger partial charge on any atom is 0.232 e. The molecule has 0 heterocycles. The lowest BCUT2D eigenvalue weighted by atomic mass is 10.1. The maximum atomic E-state index is 11.0. The van der Waals surface area contributed by atoms with E-state index in [9.17, 15) is 9.00 Å². The minimum atomic E-state index is -2.01. The van der Waals surface area contributed by atoms with Crippen LogP contribution in [0.25, 0.3) is 0 Å². The molecule has 0 aromatic heterocycles. The van der Waals surface area contributed by atoms with Gasteiger partial charge in [-0.15, -0.1) is 0 Å². The van der Waals surface area contributed by atoms with E-state index in [2.05, 4.69) is 4.72 Å². The molecular formula is C12H18N2O3S. The second kappa shape index (κ2) is 6.63. The second-order valence-electron chi connectivity index (χ2n) is 4.30. The molecule has 6 heteroatoms. The number of aryl methyl sites for hydroxylation is 1. The van der Waals surface area contributed by atoms with Crippen molar-refractivity contribution in [2.45, 2.75) is 33.4 Å². The van der Waals surface area contributed by atoms with Crippen molar-refractivity contribution >= 4 is 23.4 Å². The molecular weight excluding hydrogens is 252 g/mol. The largest absolute Gasteiger partial charge is 0.312 e. The molecule has 2 N–H and O–H groups in total. The quantitative estimate of drug-likeness (QED) is 0.609. The van der Waals surface area contributed by atoms with Gasteiger partial charge in [-0.3, -0.25) is 9.35 Å². The van der Waals surface area contributed by atoms with Crippen LogP contribution in [-0.4, -0.2) is 21.2 Å². The maximum absolute atomic E-state index is 11.0. The van der Waals surface area contributed by atoms with Crippen LogP contribution in [0.5, 0.6) is 0 Å². The Hall–Kier alpha value is -1.24. The second-order valence-corrected chi connectivity index (χ2v) is 5.08. The molecule has 5 nitrogen and oxygen atoms in total. The molecule has 0 bridgehead atoms. The van der Waals surface area contributed by atoms with Gasteiger partial charge in [-0.25, -0.2) is 8.93 Å². The zero-order valence-electron chi connectivity index (χ0n) is 10.7. The Bertz CT molecular complexity index is 449. The van der Waals surface area contributed by atoms with Crippen molar-refractivity contribution in [3.05, 3.63) is 29.3 Å². The monoisotopic (exact) mass is 270 g/mol. The molecule has 0 radical (unpaired) electrons. The number of hydrogen-bond acceptors (Lipinski definition) is 2. The summed E-state index contributed by atoms with van der Waals surface area (Å²) in [5.41, 5.74) is 2.71. The number of carbonyl (C=O) groups excluding carboxylic acids is 1. The topological polar surface area (TPSA) is 69.6 Å². The van der Waals surface area contributed by atoms with E-state index in [0.29, 0.717) is 6.54 Å². The number of amides is 1. The fraction of sp³-hybridized carbons (Fsp3) is 0.417. The van der Waals surface area contributed by atoms with E-state index in [1.54, 1.807) is 4.90 Å². The van der Waals surface area contributed by atoms with Crippen LogP contribution in [0.15, 0.2) is 18.2 Å². The molecule has 100 valence electrons. The van der Waals surface area contributed by atoms with Crippen LogP contribution in [-0.2, 0) is 22.6 Å². The van der Waals surface area contributed by atoms with E-state index in [0.717, 1.165) is 23.2 Å². The van der Waals surface area contributed by atoms with E-state index in [1.807, 2.05) is 39.0 Å². The van der Waals surface area contributed by atoms with Gasteiger partial charge in [0.2, 0.25) is 17.7 Å². The highest BCUT2D eigenvalue weighted by atomic mass is 32.2. The van der Waals surface area contributed by atoms with Crippen molar-refractivity contribution in [1.82, 2.24) is 4.72 Å². The molecule has 1 unspecified atom stereocenters. The first kappa shape index (κ1) is 14.8. The van der Waals surface area contributed by atoms with Gasteiger partial charge in [-0.2, -0.15) is 0 Å². The smallest absolute Gasteiger partial charge is 0.232 e. The van der Waals surface area contributed by atoms with Crippen molar-refractivity contribution in [3.8, 4) is 0 Å². The molecule has 1 amide bonds. The number of nitrogens with one attached hydrogen (secondary N) is 1. The van der Waals surface area contributed by atoms with Crippen LogP contribution in [0.4, 0.5) is 5.69 Å². The molecule has 0 saturated heterocycles. The van der Waals surface area contributed by atoms with Gasteiger partial charge in [0, 0.05) is 18.3 Å². The number of carbonyl (C=O) groups is 1. The van der Waals surface area contributed by atoms with Gasteiger partial charge in [0.1, 0.15) is 0 Å². The van der Waals surface area contributed by atoms with Crippen LogP contribution in [0, 0.1) is 6.92 Å². The Morgan fingerprint density at radius 2 is 2.17 bits per heavy atom. The number of nitrogens with zero attached hydrogens (tertiary/aromatic N) is 1. The third-order valence-electron chi connectivity index (χ3n) is 2.61. The summed E-state index contributed by atoms with van der Waals surface area (Å²) < 4.78 is 21.6. The Morgan fingerprint density at radius 3 is 2.61 bits per heavy atom. The molecule has 0 aliphatic heterocycles. The van der Waals surface area contributed by atoms with Crippen LogP contribution < -0.4 is 9.62 Å². The molecule has 0 aliphatic carbocycles. The van der Waals surface area contributed by atoms with Crippen molar-refractivity contribution in [2.24, 2.45) is 0 Å². The van der Waals surface area contributed by atoms with Crippen LogP contribution >= 0.6 is 0 Å². The summed E-state index contributed by atoms with van der Waals surface area (Å²) >= 11 is -2.01. The van der Waals surface area contributed by atoms with Crippen molar-refractivity contribution in [2.75, 3.05) is 4.90 Å². The van der Waals surface area contributed by atoms with Gasteiger partial charge in [0.15, 0.2) is 0 Å². The van der Waals surface area contributed by atoms with E-state index in [4.69, 9.17) is 4.55 Å². The zero-order valence-corrected chi connectivity index (χ0v) is 11.5. The van der Waals surface area contributed by atoms with Crippen molar-refractivity contribution in [3.63, 3.8) is 0 Å². The molecule has 0 spiro atoms. The third kappa shape index (κ3) is 3.90. The number of anilines is 1. The lowest BCUT2D eigenvalue weighted by Gasteiger charge is -2.24. The van der Waals surface area contributed by atoms with Crippen molar-refractivity contribution < 1.29 is 13.6 Å². The zero-order chi connectivity index (χ0) is 13.7. The Morgan fingerprint density at radius 1 is 1.50 bits per heavy atom. The average molecular weight is 270 g/mol. The first-order valence-corrected chi connectivity index (χ1v) is 6.74. The highest BCUT2D eigenvalue weighted by molar-refractivity contribution is 7.77. The summed E-state index contributed by atoms with van der Waals surface area (Å²) in [5, 5.41) is 0. The Kier molecular flexibility index (Phi) is 5.46. The predicted molar refractivity (Wildman–Crippen MR) is 72.5 cm³/mol. The molecule has 0 saturated carbocycles. The number of hydrogen-bond donors (Lipinski definition) is 2. The fourth-order valence-electron chi connectivity index (χ4n) is 1.72. The van der Waals surface area contributed by atoms with Gasteiger partial charge in [-0.05, 0) is 38.0 Å². The first-order chi connectivity index (χ1) is 8.45. The van der Waals surface area contributed by atoms with E-state index in [1.165, 1.54) is 0 Å². The van der Waals surface area contributed by atoms with Gasteiger partial charge in [-0.1, -0.05) is 12.1 Å². The summed E-state index contributed by atoms with van der Waals surface area (Å²) in [7, 11) is 0. The SMILES string of the molecule is Cc1cc(CNS(=O)O)ccc1N(C=O)C(C)C. The molecule has 1 aromatic carbocycles. The lowest BCUT2D eigenvalue weighted by molar-refractivity contribution is -0.107. The van der Waals surface area contributed by atoms with Gasteiger partial charge in [0.25, 0.3) is 0 Å². The first-order valence-electron chi connectivity index (χ1n) is 5.63. The molecule has 0 aliphatic rings. The molecule has 1 aromatic rings. The Labute approximate surface area is 110 Å². The standard InChI is InChI=1S/C12H18N2O3S/c1-9(2)14(8-15)12-5-4-11(6-10(12)3)7-13-18(16)17/h4-6,8-9,13H,7H2,1-3H3,(H,16,17). The lowest BCUT2D eigenvalue weighted by Crippen LogP contribution is -2.29.